The minimum atomic E-state index is -0.340. The van der Waals surface area contributed by atoms with E-state index < -0.39 is 0 Å². The smallest absolute Gasteiger partial charge is 0.264 e. The number of halogens is 1. The molecule has 3 aromatic rings. The molecule has 1 aliphatic rings. The maximum Gasteiger partial charge on any atom is 0.264 e. The summed E-state index contributed by atoms with van der Waals surface area (Å²) in [4.78, 5) is 30.1. The van der Waals surface area contributed by atoms with Gasteiger partial charge < -0.3 is 9.64 Å². The third kappa shape index (κ3) is 4.60. The lowest BCUT2D eigenvalue weighted by Crippen LogP contribution is -2.24. The monoisotopic (exact) mass is 411 g/mol. The Hall–Kier alpha value is -3.26. The Bertz CT molecular complexity index is 1040. The summed E-state index contributed by atoms with van der Waals surface area (Å²) in [5.74, 6) is -0.0374. The fourth-order valence-corrected chi connectivity index (χ4v) is 3.79. The fourth-order valence-electron chi connectivity index (χ4n) is 3.05. The van der Waals surface area contributed by atoms with Crippen molar-refractivity contribution in [3.8, 4) is 17.0 Å². The Labute approximate surface area is 171 Å². The molecule has 0 unspecified atom stereocenters. The number of carbonyl (C=O) groups is 2. The van der Waals surface area contributed by atoms with Gasteiger partial charge in [-0.1, -0.05) is 6.07 Å². The molecular formula is C21H18FN3O3S. The molecule has 0 spiro atoms. The summed E-state index contributed by atoms with van der Waals surface area (Å²) in [7, 11) is 0. The maximum absolute atomic E-state index is 13.0. The number of carbonyl (C=O) groups excluding carboxylic acids is 2. The Morgan fingerprint density at radius 2 is 2.07 bits per heavy atom. The molecule has 1 aromatic heterocycles. The number of anilines is 2. The summed E-state index contributed by atoms with van der Waals surface area (Å²) >= 11 is 1.28. The summed E-state index contributed by atoms with van der Waals surface area (Å²) in [6.07, 6.45) is 1.40. The second-order valence-electron chi connectivity index (χ2n) is 6.53. The standard InChI is InChI=1S/C21H18FN3O3S/c22-15-8-6-14(7-9-15)18-13-29-21(23-18)24-19(26)12-28-17-4-1-3-16(11-17)25-10-2-5-20(25)27/h1,3-4,6-9,11,13H,2,5,10,12H2,(H,23,24,26). The highest BCUT2D eigenvalue weighted by atomic mass is 32.1. The maximum atomic E-state index is 13.0. The number of ether oxygens (including phenoxy) is 1. The van der Waals surface area contributed by atoms with E-state index in [0.717, 1.165) is 17.7 Å². The molecule has 0 radical (unpaired) electrons. The van der Waals surface area contributed by atoms with Crippen molar-refractivity contribution in [2.45, 2.75) is 12.8 Å². The van der Waals surface area contributed by atoms with Crippen molar-refractivity contribution in [3.05, 3.63) is 59.7 Å². The zero-order valence-electron chi connectivity index (χ0n) is 15.4. The minimum Gasteiger partial charge on any atom is -0.484 e. The molecule has 1 aliphatic heterocycles. The van der Waals surface area contributed by atoms with Gasteiger partial charge in [-0.3, -0.25) is 14.9 Å². The number of hydrogen-bond donors (Lipinski definition) is 1. The van der Waals surface area contributed by atoms with Crippen LogP contribution >= 0.6 is 11.3 Å². The number of hydrogen-bond acceptors (Lipinski definition) is 5. The van der Waals surface area contributed by atoms with E-state index in [1.165, 1.54) is 23.5 Å². The van der Waals surface area contributed by atoms with E-state index >= 15 is 0 Å². The molecule has 1 N–H and O–H groups in total. The Kier molecular flexibility index (Phi) is 5.53. The first kappa shape index (κ1) is 19.1. The number of amides is 2. The van der Waals surface area contributed by atoms with Crippen LogP contribution in [0.4, 0.5) is 15.2 Å². The normalized spacial score (nSPS) is 13.6. The Morgan fingerprint density at radius 3 is 2.83 bits per heavy atom. The number of aromatic nitrogens is 1. The van der Waals surface area contributed by atoms with E-state index in [2.05, 4.69) is 10.3 Å². The van der Waals surface area contributed by atoms with Crippen LogP contribution in [0.5, 0.6) is 5.75 Å². The average molecular weight is 411 g/mol. The van der Waals surface area contributed by atoms with Gasteiger partial charge in [-0.2, -0.15) is 0 Å². The quantitative estimate of drug-likeness (QED) is 0.663. The number of benzene rings is 2. The van der Waals surface area contributed by atoms with Gasteiger partial charge in [0.05, 0.1) is 5.69 Å². The van der Waals surface area contributed by atoms with E-state index in [9.17, 15) is 14.0 Å². The number of nitrogens with zero attached hydrogens (tertiary/aromatic N) is 2. The van der Waals surface area contributed by atoms with Crippen molar-refractivity contribution < 1.29 is 18.7 Å². The van der Waals surface area contributed by atoms with Gasteiger partial charge in [0.2, 0.25) is 5.91 Å². The molecular weight excluding hydrogens is 393 g/mol. The Morgan fingerprint density at radius 1 is 1.24 bits per heavy atom. The van der Waals surface area contributed by atoms with Gasteiger partial charge in [0.25, 0.3) is 5.91 Å². The largest absolute Gasteiger partial charge is 0.484 e. The molecule has 6 nitrogen and oxygen atoms in total. The summed E-state index contributed by atoms with van der Waals surface area (Å²) in [5, 5.41) is 4.93. The van der Waals surface area contributed by atoms with E-state index in [-0.39, 0.29) is 24.2 Å². The van der Waals surface area contributed by atoms with Gasteiger partial charge in [0, 0.05) is 35.7 Å². The number of rotatable bonds is 6. The molecule has 29 heavy (non-hydrogen) atoms. The molecule has 8 heteroatoms. The van der Waals surface area contributed by atoms with E-state index in [1.807, 2.05) is 6.07 Å². The van der Waals surface area contributed by atoms with Crippen molar-refractivity contribution in [1.29, 1.82) is 0 Å². The van der Waals surface area contributed by atoms with Crippen LogP contribution in [0, 0.1) is 5.82 Å². The van der Waals surface area contributed by atoms with Crippen molar-refractivity contribution in [3.63, 3.8) is 0 Å². The van der Waals surface area contributed by atoms with Crippen molar-refractivity contribution in [2.24, 2.45) is 0 Å². The molecule has 0 aliphatic carbocycles. The number of thiazole rings is 1. The third-order valence-electron chi connectivity index (χ3n) is 4.46. The van der Waals surface area contributed by atoms with Crippen molar-refractivity contribution in [1.82, 2.24) is 4.98 Å². The van der Waals surface area contributed by atoms with Crippen LogP contribution in [-0.2, 0) is 9.59 Å². The van der Waals surface area contributed by atoms with E-state index in [0.29, 0.717) is 29.5 Å². The van der Waals surface area contributed by atoms with E-state index in [4.69, 9.17) is 4.74 Å². The molecule has 2 aromatic carbocycles. The summed E-state index contributed by atoms with van der Waals surface area (Å²) in [6, 6.07) is 13.1. The lowest BCUT2D eigenvalue weighted by molar-refractivity contribution is -0.118. The van der Waals surface area contributed by atoms with Crippen LogP contribution in [0.25, 0.3) is 11.3 Å². The fraction of sp³-hybridized carbons (Fsp3) is 0.190. The van der Waals surface area contributed by atoms with Gasteiger partial charge in [-0.15, -0.1) is 11.3 Å². The zero-order chi connectivity index (χ0) is 20.2. The second kappa shape index (κ2) is 8.40. The first-order chi connectivity index (χ1) is 14.1. The van der Waals surface area contributed by atoms with E-state index in [1.54, 1.807) is 40.6 Å². The summed E-state index contributed by atoms with van der Waals surface area (Å²) in [6.45, 7) is 0.520. The highest BCUT2D eigenvalue weighted by molar-refractivity contribution is 7.14. The predicted octanol–water partition coefficient (Wildman–Crippen LogP) is 4.09. The first-order valence-electron chi connectivity index (χ1n) is 9.13. The second-order valence-corrected chi connectivity index (χ2v) is 7.39. The zero-order valence-corrected chi connectivity index (χ0v) is 16.2. The highest BCUT2D eigenvalue weighted by Gasteiger charge is 2.21. The predicted molar refractivity (Wildman–Crippen MR) is 110 cm³/mol. The molecule has 1 saturated heterocycles. The van der Waals surface area contributed by atoms with Gasteiger partial charge in [0.15, 0.2) is 11.7 Å². The summed E-state index contributed by atoms with van der Waals surface area (Å²) < 4.78 is 18.6. The number of nitrogens with one attached hydrogen (secondary N) is 1. The van der Waals surface area contributed by atoms with Gasteiger partial charge in [-0.05, 0) is 42.8 Å². The van der Waals surface area contributed by atoms with Gasteiger partial charge in [-0.25, -0.2) is 9.37 Å². The Balaban J connectivity index is 1.34. The summed E-state index contributed by atoms with van der Waals surface area (Å²) in [5.41, 5.74) is 2.20. The molecule has 0 saturated carbocycles. The minimum absolute atomic E-state index is 0.0978. The molecule has 2 heterocycles. The van der Waals surface area contributed by atoms with Crippen LogP contribution in [-0.4, -0.2) is 29.9 Å². The van der Waals surface area contributed by atoms with Crippen LogP contribution in [0.1, 0.15) is 12.8 Å². The van der Waals surface area contributed by atoms with Crippen molar-refractivity contribution in [2.75, 3.05) is 23.4 Å². The van der Waals surface area contributed by atoms with Crippen LogP contribution < -0.4 is 15.0 Å². The van der Waals surface area contributed by atoms with Crippen LogP contribution in [0.15, 0.2) is 53.9 Å². The first-order valence-corrected chi connectivity index (χ1v) is 10.0. The molecule has 1 fully saturated rings. The molecule has 0 bridgehead atoms. The molecule has 2 amide bonds. The molecule has 148 valence electrons. The molecule has 0 atom stereocenters. The lowest BCUT2D eigenvalue weighted by Gasteiger charge is -2.16. The third-order valence-corrected chi connectivity index (χ3v) is 5.22. The SMILES string of the molecule is O=C(COc1cccc(N2CCCC2=O)c1)Nc1nc(-c2ccc(F)cc2)cs1. The average Bonchev–Trinajstić information content (AvgIpc) is 3.36. The lowest BCUT2D eigenvalue weighted by atomic mass is 10.2. The topological polar surface area (TPSA) is 71.5 Å². The van der Waals surface area contributed by atoms with Crippen molar-refractivity contribution >= 4 is 34.0 Å². The molecule has 4 rings (SSSR count). The van der Waals surface area contributed by atoms with Crippen LogP contribution in [0.3, 0.4) is 0 Å². The van der Waals surface area contributed by atoms with Crippen LogP contribution in [0.2, 0.25) is 0 Å². The van der Waals surface area contributed by atoms with Gasteiger partial charge >= 0.3 is 0 Å². The highest BCUT2D eigenvalue weighted by Crippen LogP contribution is 2.26. The van der Waals surface area contributed by atoms with Gasteiger partial charge in [0.1, 0.15) is 11.6 Å².